The molecule has 0 aromatic rings. The molecule has 0 bridgehead atoms. The van der Waals surface area contributed by atoms with E-state index in [1.54, 1.807) is 0 Å². The van der Waals surface area contributed by atoms with Crippen molar-refractivity contribution in [3.63, 3.8) is 0 Å². The summed E-state index contributed by atoms with van der Waals surface area (Å²) in [5, 5.41) is 3.54. The summed E-state index contributed by atoms with van der Waals surface area (Å²) in [6.45, 7) is 5.33. The van der Waals surface area contributed by atoms with Crippen LogP contribution in [0, 0.1) is 5.41 Å². The van der Waals surface area contributed by atoms with E-state index in [0.29, 0.717) is 5.41 Å². The summed E-state index contributed by atoms with van der Waals surface area (Å²) in [5.41, 5.74) is 0.683. The lowest BCUT2D eigenvalue weighted by atomic mass is 9.86. The molecule has 3 fully saturated rings. The zero-order valence-corrected chi connectivity index (χ0v) is 9.10. The Morgan fingerprint density at radius 1 is 1.14 bits per heavy atom. The van der Waals surface area contributed by atoms with Crippen molar-refractivity contribution >= 4 is 0 Å². The molecular formula is C12H22N2. The molecule has 2 saturated heterocycles. The van der Waals surface area contributed by atoms with Gasteiger partial charge in [-0.05, 0) is 44.2 Å². The fraction of sp³-hybridized carbons (Fsp3) is 1.00. The molecule has 0 aromatic heterocycles. The maximum absolute atomic E-state index is 3.54. The van der Waals surface area contributed by atoms with Gasteiger partial charge in [-0.2, -0.15) is 0 Å². The Bertz CT molecular complexity index is 202. The Kier molecular flexibility index (Phi) is 2.29. The van der Waals surface area contributed by atoms with E-state index in [2.05, 4.69) is 10.2 Å². The standard InChI is InChI=1S/C12H22N2/c1-2-4-11(3-1)14-8-6-12(10-14)5-7-13-9-12/h11,13H,1-10H2. The molecule has 3 aliphatic rings. The number of rotatable bonds is 1. The van der Waals surface area contributed by atoms with Gasteiger partial charge in [0.2, 0.25) is 0 Å². The van der Waals surface area contributed by atoms with E-state index >= 15 is 0 Å². The van der Waals surface area contributed by atoms with Crippen LogP contribution in [-0.2, 0) is 0 Å². The first-order chi connectivity index (χ1) is 6.88. The van der Waals surface area contributed by atoms with Gasteiger partial charge in [0.1, 0.15) is 0 Å². The van der Waals surface area contributed by atoms with Gasteiger partial charge in [-0.25, -0.2) is 0 Å². The van der Waals surface area contributed by atoms with Crippen molar-refractivity contribution < 1.29 is 0 Å². The molecule has 80 valence electrons. The Labute approximate surface area is 87.0 Å². The predicted molar refractivity (Wildman–Crippen MR) is 58.4 cm³/mol. The number of hydrogen-bond acceptors (Lipinski definition) is 2. The van der Waals surface area contributed by atoms with Crippen molar-refractivity contribution in [2.24, 2.45) is 5.41 Å². The topological polar surface area (TPSA) is 15.3 Å². The van der Waals surface area contributed by atoms with Gasteiger partial charge < -0.3 is 5.32 Å². The second kappa shape index (κ2) is 3.49. The van der Waals surface area contributed by atoms with Crippen LogP contribution in [0.4, 0.5) is 0 Å². The van der Waals surface area contributed by atoms with E-state index in [-0.39, 0.29) is 0 Å². The number of nitrogens with zero attached hydrogens (tertiary/aromatic N) is 1. The molecule has 0 amide bonds. The average molecular weight is 194 g/mol. The SMILES string of the molecule is C1CCC(N2CCC3(CCNC3)C2)C1. The Morgan fingerprint density at radius 3 is 2.71 bits per heavy atom. The van der Waals surface area contributed by atoms with Crippen LogP contribution < -0.4 is 5.32 Å². The highest BCUT2D eigenvalue weighted by Crippen LogP contribution is 2.39. The van der Waals surface area contributed by atoms with Crippen LogP contribution >= 0.6 is 0 Å². The van der Waals surface area contributed by atoms with Gasteiger partial charge in [-0.1, -0.05) is 12.8 Å². The number of nitrogens with one attached hydrogen (secondary N) is 1. The minimum absolute atomic E-state index is 0.683. The van der Waals surface area contributed by atoms with Gasteiger partial charge in [0.05, 0.1) is 0 Å². The first-order valence-electron chi connectivity index (χ1n) is 6.33. The second-order valence-corrected chi connectivity index (χ2v) is 5.59. The summed E-state index contributed by atoms with van der Waals surface area (Å²) in [6.07, 6.45) is 8.79. The highest BCUT2D eigenvalue weighted by Gasteiger charge is 2.42. The Hall–Kier alpha value is -0.0800. The molecule has 1 spiro atoms. The molecule has 1 atom stereocenters. The van der Waals surface area contributed by atoms with E-state index in [1.807, 2.05) is 0 Å². The van der Waals surface area contributed by atoms with Crippen LogP contribution in [0.1, 0.15) is 38.5 Å². The molecule has 2 nitrogen and oxygen atoms in total. The fourth-order valence-corrected chi connectivity index (χ4v) is 3.69. The highest BCUT2D eigenvalue weighted by molar-refractivity contribution is 4.97. The fourth-order valence-electron chi connectivity index (χ4n) is 3.69. The van der Waals surface area contributed by atoms with E-state index < -0.39 is 0 Å². The van der Waals surface area contributed by atoms with E-state index in [4.69, 9.17) is 0 Å². The maximum atomic E-state index is 3.54. The first kappa shape index (κ1) is 9.17. The van der Waals surface area contributed by atoms with Gasteiger partial charge in [-0.3, -0.25) is 4.90 Å². The summed E-state index contributed by atoms with van der Waals surface area (Å²) in [7, 11) is 0. The molecule has 2 aliphatic heterocycles. The van der Waals surface area contributed by atoms with E-state index in [0.717, 1.165) is 6.04 Å². The maximum Gasteiger partial charge on any atom is 0.00955 e. The molecule has 2 heterocycles. The van der Waals surface area contributed by atoms with Crippen molar-refractivity contribution in [1.29, 1.82) is 0 Å². The molecule has 1 saturated carbocycles. The molecule has 1 N–H and O–H groups in total. The van der Waals surface area contributed by atoms with Crippen molar-refractivity contribution in [3.8, 4) is 0 Å². The minimum atomic E-state index is 0.683. The van der Waals surface area contributed by atoms with Crippen molar-refractivity contribution in [2.75, 3.05) is 26.2 Å². The van der Waals surface area contributed by atoms with Gasteiger partial charge in [0.15, 0.2) is 0 Å². The van der Waals surface area contributed by atoms with Crippen LogP contribution in [0.3, 0.4) is 0 Å². The number of likely N-dealkylation sites (tertiary alicyclic amines) is 1. The molecule has 1 unspecified atom stereocenters. The second-order valence-electron chi connectivity index (χ2n) is 5.59. The number of hydrogen-bond donors (Lipinski definition) is 1. The quantitative estimate of drug-likeness (QED) is 0.682. The van der Waals surface area contributed by atoms with Crippen LogP contribution in [-0.4, -0.2) is 37.1 Å². The molecule has 0 aromatic carbocycles. The lowest BCUT2D eigenvalue weighted by Crippen LogP contribution is -2.34. The van der Waals surface area contributed by atoms with Crippen molar-refractivity contribution in [1.82, 2.24) is 10.2 Å². The molecule has 2 heteroatoms. The summed E-state index contributed by atoms with van der Waals surface area (Å²) in [6, 6.07) is 0.954. The summed E-state index contributed by atoms with van der Waals surface area (Å²) in [4.78, 5) is 2.79. The summed E-state index contributed by atoms with van der Waals surface area (Å²) in [5.74, 6) is 0. The lowest BCUT2D eigenvalue weighted by molar-refractivity contribution is 0.212. The zero-order chi connectivity index (χ0) is 9.43. The lowest BCUT2D eigenvalue weighted by Gasteiger charge is -2.27. The molecule has 14 heavy (non-hydrogen) atoms. The first-order valence-corrected chi connectivity index (χ1v) is 6.33. The summed E-state index contributed by atoms with van der Waals surface area (Å²) >= 11 is 0. The Morgan fingerprint density at radius 2 is 2.00 bits per heavy atom. The molecular weight excluding hydrogens is 172 g/mol. The van der Waals surface area contributed by atoms with Crippen LogP contribution in [0.5, 0.6) is 0 Å². The third-order valence-electron chi connectivity index (χ3n) is 4.64. The Balaban J connectivity index is 1.63. The van der Waals surface area contributed by atoms with Gasteiger partial charge in [0.25, 0.3) is 0 Å². The van der Waals surface area contributed by atoms with Crippen molar-refractivity contribution in [2.45, 2.75) is 44.6 Å². The van der Waals surface area contributed by atoms with Gasteiger partial charge >= 0.3 is 0 Å². The summed E-state index contributed by atoms with van der Waals surface area (Å²) < 4.78 is 0. The van der Waals surface area contributed by atoms with Crippen LogP contribution in [0.2, 0.25) is 0 Å². The van der Waals surface area contributed by atoms with Crippen LogP contribution in [0.15, 0.2) is 0 Å². The molecule has 3 rings (SSSR count). The third kappa shape index (κ3) is 1.49. The third-order valence-corrected chi connectivity index (χ3v) is 4.64. The minimum Gasteiger partial charge on any atom is -0.316 e. The van der Waals surface area contributed by atoms with E-state index in [9.17, 15) is 0 Å². The van der Waals surface area contributed by atoms with Crippen LogP contribution in [0.25, 0.3) is 0 Å². The molecule has 0 radical (unpaired) electrons. The van der Waals surface area contributed by atoms with E-state index in [1.165, 1.54) is 64.7 Å². The normalized spacial score (nSPS) is 40.3. The smallest absolute Gasteiger partial charge is 0.00955 e. The highest BCUT2D eigenvalue weighted by atomic mass is 15.2. The van der Waals surface area contributed by atoms with Crippen molar-refractivity contribution in [3.05, 3.63) is 0 Å². The molecule has 1 aliphatic carbocycles. The van der Waals surface area contributed by atoms with Gasteiger partial charge in [0, 0.05) is 19.1 Å². The monoisotopic (exact) mass is 194 g/mol. The zero-order valence-electron chi connectivity index (χ0n) is 9.10. The predicted octanol–water partition coefficient (Wildman–Crippen LogP) is 1.61. The average Bonchev–Trinajstić information content (AvgIpc) is 2.91. The van der Waals surface area contributed by atoms with Gasteiger partial charge in [-0.15, -0.1) is 0 Å². The largest absolute Gasteiger partial charge is 0.316 e.